The van der Waals surface area contributed by atoms with Crippen molar-refractivity contribution in [2.75, 3.05) is 0 Å². The van der Waals surface area contributed by atoms with Crippen molar-refractivity contribution in [2.45, 2.75) is 32.6 Å². The van der Waals surface area contributed by atoms with Crippen LogP contribution in [-0.2, 0) is 6.42 Å². The van der Waals surface area contributed by atoms with Crippen LogP contribution in [0.3, 0.4) is 0 Å². The van der Waals surface area contributed by atoms with Crippen molar-refractivity contribution in [3.8, 4) is 11.1 Å². The largest absolute Gasteiger partial charge is 0.432 e. The number of hydrogen-bond acceptors (Lipinski definition) is 2. The first-order valence-corrected chi connectivity index (χ1v) is 7.28. The molecular weight excluding hydrogens is 266 g/mol. The van der Waals surface area contributed by atoms with Crippen LogP contribution in [0.1, 0.15) is 31.7 Å². The molecule has 0 aliphatic heterocycles. The second kappa shape index (κ2) is 10.1. The van der Waals surface area contributed by atoms with Gasteiger partial charge in [0.1, 0.15) is 5.82 Å². The van der Waals surface area contributed by atoms with E-state index in [2.05, 4.69) is 6.92 Å². The van der Waals surface area contributed by atoms with Gasteiger partial charge in [-0.3, -0.25) is 0 Å². The Hall–Kier alpha value is -1.65. The summed E-state index contributed by atoms with van der Waals surface area (Å²) >= 11 is 0. The summed E-state index contributed by atoms with van der Waals surface area (Å²) in [5.74, 6) is -0.0764. The lowest BCUT2D eigenvalue weighted by molar-refractivity contribution is 0.448. The van der Waals surface area contributed by atoms with Gasteiger partial charge in [0.25, 0.3) is 0 Å². The van der Waals surface area contributed by atoms with Gasteiger partial charge in [-0.15, -0.1) is 0 Å². The molecule has 0 aliphatic rings. The Morgan fingerprint density at radius 3 is 2.19 bits per heavy atom. The Morgan fingerprint density at radius 2 is 1.62 bits per heavy atom. The highest BCUT2D eigenvalue weighted by molar-refractivity contribution is 6.13. The first-order valence-electron chi connectivity index (χ1n) is 7.28. The van der Waals surface area contributed by atoms with E-state index in [9.17, 15) is 4.39 Å². The second-order valence-corrected chi connectivity index (χ2v) is 4.77. The molecule has 21 heavy (non-hydrogen) atoms. The first-order chi connectivity index (χ1) is 10.2. The molecule has 0 saturated carbocycles. The van der Waals surface area contributed by atoms with E-state index in [-0.39, 0.29) is 5.82 Å². The van der Waals surface area contributed by atoms with Gasteiger partial charge in [0.2, 0.25) is 0 Å². The second-order valence-electron chi connectivity index (χ2n) is 4.77. The normalized spacial score (nSPS) is 9.71. The lowest BCUT2D eigenvalue weighted by Crippen LogP contribution is -1.91. The Balaban J connectivity index is 0.000000677. The van der Waals surface area contributed by atoms with Crippen LogP contribution in [0.15, 0.2) is 48.5 Å². The third-order valence-corrected chi connectivity index (χ3v) is 3.21. The maximum absolute atomic E-state index is 14.0. The summed E-state index contributed by atoms with van der Waals surface area (Å²) in [5, 5.41) is 14.2. The van der Waals surface area contributed by atoms with Crippen molar-refractivity contribution >= 4 is 7.69 Å². The Bertz CT molecular complexity index is 517. The van der Waals surface area contributed by atoms with Gasteiger partial charge in [0, 0.05) is 0 Å². The molecule has 112 valence electrons. The summed E-state index contributed by atoms with van der Waals surface area (Å²) < 4.78 is 14.0. The number of benzene rings is 2. The maximum Gasteiger partial charge on any atom is 0.432 e. The zero-order chi connectivity index (χ0) is 15.5. The van der Waals surface area contributed by atoms with Gasteiger partial charge < -0.3 is 10.0 Å². The molecule has 0 bridgehead atoms. The molecule has 0 saturated heterocycles. The van der Waals surface area contributed by atoms with E-state index in [4.69, 9.17) is 10.0 Å². The van der Waals surface area contributed by atoms with Crippen LogP contribution >= 0.6 is 0 Å². The minimum absolute atomic E-state index is 0.0764. The van der Waals surface area contributed by atoms with Crippen LogP contribution in [0.4, 0.5) is 4.39 Å². The maximum atomic E-state index is 14.0. The third kappa shape index (κ3) is 6.11. The Kier molecular flexibility index (Phi) is 8.40. The third-order valence-electron chi connectivity index (χ3n) is 3.21. The van der Waals surface area contributed by atoms with E-state index in [0.29, 0.717) is 0 Å². The topological polar surface area (TPSA) is 40.5 Å². The SMILES string of the molecule is CCCCCc1ccc(-c2ccccc2)cc1F.OBO. The van der Waals surface area contributed by atoms with Gasteiger partial charge in [-0.1, -0.05) is 62.2 Å². The minimum atomic E-state index is -0.750. The molecule has 4 heteroatoms. The summed E-state index contributed by atoms with van der Waals surface area (Å²) in [6.07, 6.45) is 4.25. The lowest BCUT2D eigenvalue weighted by atomic mass is 10.0. The van der Waals surface area contributed by atoms with E-state index in [1.165, 1.54) is 12.8 Å². The van der Waals surface area contributed by atoms with Crippen molar-refractivity contribution < 1.29 is 14.4 Å². The zero-order valence-corrected chi connectivity index (χ0v) is 12.4. The van der Waals surface area contributed by atoms with E-state index < -0.39 is 7.69 Å². The fourth-order valence-electron chi connectivity index (χ4n) is 2.13. The molecule has 2 aromatic carbocycles. The molecule has 0 unspecified atom stereocenters. The molecule has 0 amide bonds. The van der Waals surface area contributed by atoms with Crippen LogP contribution in [0.5, 0.6) is 0 Å². The van der Waals surface area contributed by atoms with Crippen LogP contribution in [0.2, 0.25) is 0 Å². The fraction of sp³-hybridized carbons (Fsp3) is 0.294. The van der Waals surface area contributed by atoms with Crippen LogP contribution in [-0.4, -0.2) is 17.7 Å². The van der Waals surface area contributed by atoms with Gasteiger partial charge in [-0.05, 0) is 35.6 Å². The van der Waals surface area contributed by atoms with E-state index in [1.807, 2.05) is 42.5 Å². The van der Waals surface area contributed by atoms with Crippen LogP contribution in [0.25, 0.3) is 11.1 Å². The molecule has 0 aromatic heterocycles. The highest BCUT2D eigenvalue weighted by atomic mass is 19.1. The van der Waals surface area contributed by atoms with Gasteiger partial charge >= 0.3 is 7.69 Å². The lowest BCUT2D eigenvalue weighted by Gasteiger charge is -2.06. The average molecular weight is 288 g/mol. The molecule has 0 spiro atoms. The number of aryl methyl sites for hydroxylation is 1. The summed E-state index contributed by atoms with van der Waals surface area (Å²) in [6, 6.07) is 15.5. The fourth-order valence-corrected chi connectivity index (χ4v) is 2.13. The summed E-state index contributed by atoms with van der Waals surface area (Å²) in [4.78, 5) is 0. The molecule has 0 fully saturated rings. The molecule has 2 aromatic rings. The zero-order valence-electron chi connectivity index (χ0n) is 12.4. The predicted molar refractivity (Wildman–Crippen MR) is 86.7 cm³/mol. The number of halogens is 1. The van der Waals surface area contributed by atoms with Crippen molar-refractivity contribution in [3.63, 3.8) is 0 Å². The molecule has 2 nitrogen and oxygen atoms in total. The van der Waals surface area contributed by atoms with E-state index in [1.54, 1.807) is 6.07 Å². The average Bonchev–Trinajstić information content (AvgIpc) is 2.51. The smallest absolute Gasteiger partial charge is 0.430 e. The molecule has 0 radical (unpaired) electrons. The van der Waals surface area contributed by atoms with Crippen LogP contribution < -0.4 is 0 Å². The molecule has 2 N–H and O–H groups in total. The minimum Gasteiger partial charge on any atom is -0.430 e. The standard InChI is InChI=1S/C17H19F.BH3O2/c1-2-3-5-10-15-11-12-16(13-17(15)18)14-8-6-4-7-9-14;2-1-3/h4,6-9,11-13H,2-3,5,10H2,1H3;1-3H. The predicted octanol–water partition coefficient (Wildman–Crippen LogP) is 3.46. The summed E-state index contributed by atoms with van der Waals surface area (Å²) in [5.41, 5.74) is 2.85. The van der Waals surface area contributed by atoms with Gasteiger partial charge in [0.05, 0.1) is 0 Å². The first kappa shape index (κ1) is 17.4. The van der Waals surface area contributed by atoms with E-state index >= 15 is 0 Å². The van der Waals surface area contributed by atoms with Crippen molar-refractivity contribution in [1.29, 1.82) is 0 Å². The highest BCUT2D eigenvalue weighted by Crippen LogP contribution is 2.22. The molecule has 0 aliphatic carbocycles. The van der Waals surface area contributed by atoms with Crippen molar-refractivity contribution in [1.82, 2.24) is 0 Å². The number of hydrogen-bond donors (Lipinski definition) is 2. The quantitative estimate of drug-likeness (QED) is 0.653. The summed E-state index contributed by atoms with van der Waals surface area (Å²) in [7, 11) is -0.750. The molecule has 0 heterocycles. The molecule has 2 rings (SSSR count). The van der Waals surface area contributed by atoms with Gasteiger partial charge in [0.15, 0.2) is 0 Å². The highest BCUT2D eigenvalue weighted by Gasteiger charge is 2.04. The summed E-state index contributed by atoms with van der Waals surface area (Å²) in [6.45, 7) is 2.16. The Morgan fingerprint density at radius 1 is 0.952 bits per heavy atom. The van der Waals surface area contributed by atoms with Crippen molar-refractivity contribution in [2.24, 2.45) is 0 Å². The Labute approximate surface area is 126 Å². The van der Waals surface area contributed by atoms with Gasteiger partial charge in [-0.2, -0.15) is 0 Å². The monoisotopic (exact) mass is 288 g/mol. The van der Waals surface area contributed by atoms with Crippen molar-refractivity contribution in [3.05, 3.63) is 59.9 Å². The molecule has 0 atom stereocenters. The van der Waals surface area contributed by atoms with E-state index in [0.717, 1.165) is 29.5 Å². The molecular formula is C17H22BFO2. The number of rotatable bonds is 5. The van der Waals surface area contributed by atoms with Gasteiger partial charge in [-0.25, -0.2) is 4.39 Å². The number of unbranched alkanes of at least 4 members (excludes halogenated alkanes) is 2. The van der Waals surface area contributed by atoms with Crippen LogP contribution in [0, 0.1) is 5.82 Å².